The summed E-state index contributed by atoms with van der Waals surface area (Å²) < 4.78 is 6.19. The van der Waals surface area contributed by atoms with Crippen LogP contribution in [0.15, 0.2) is 43.0 Å². The number of esters is 1. The first kappa shape index (κ1) is 15.7. The van der Waals surface area contributed by atoms with Gasteiger partial charge in [0.25, 0.3) is 0 Å². The van der Waals surface area contributed by atoms with E-state index in [0.29, 0.717) is 22.3 Å². The van der Waals surface area contributed by atoms with Gasteiger partial charge in [-0.2, -0.15) is 0 Å². The number of nitrogens with zero attached hydrogens (tertiary/aromatic N) is 2. The van der Waals surface area contributed by atoms with Gasteiger partial charge in [0.1, 0.15) is 5.69 Å². The zero-order valence-corrected chi connectivity index (χ0v) is 13.9. The van der Waals surface area contributed by atoms with Gasteiger partial charge in [0, 0.05) is 22.8 Å². The van der Waals surface area contributed by atoms with Gasteiger partial charge in [-0.25, -0.2) is 4.98 Å². The van der Waals surface area contributed by atoms with Gasteiger partial charge in [-0.05, 0) is 30.7 Å². The first-order valence-electron chi connectivity index (χ1n) is 7.09. The lowest BCUT2D eigenvalue weighted by Crippen LogP contribution is -2.18. The second-order valence-electron chi connectivity index (χ2n) is 4.85. The minimum absolute atomic E-state index is 0.323. The molecule has 0 aliphatic heterocycles. The Bertz CT molecular complexity index is 801. The number of nitrogens with one attached hydrogen (secondary N) is 1. The van der Waals surface area contributed by atoms with E-state index in [1.165, 1.54) is 17.7 Å². The quantitative estimate of drug-likeness (QED) is 0.699. The SMILES string of the molecule is CCC(C(=O)Oc1[nH]cnc1-c1cccnc1)c1ccc(Cl)s1. The number of imidazole rings is 1. The van der Waals surface area contributed by atoms with Crippen LogP contribution in [-0.4, -0.2) is 20.9 Å². The molecule has 0 aliphatic rings. The predicted molar refractivity (Wildman–Crippen MR) is 89.8 cm³/mol. The maximum Gasteiger partial charge on any atom is 0.320 e. The van der Waals surface area contributed by atoms with Gasteiger partial charge in [-0.1, -0.05) is 18.5 Å². The van der Waals surface area contributed by atoms with E-state index in [1.54, 1.807) is 24.5 Å². The van der Waals surface area contributed by atoms with Crippen LogP contribution in [0.3, 0.4) is 0 Å². The summed E-state index contributed by atoms with van der Waals surface area (Å²) in [5.74, 6) is -0.359. The lowest BCUT2D eigenvalue weighted by Gasteiger charge is -2.12. The summed E-state index contributed by atoms with van der Waals surface area (Å²) in [6.45, 7) is 1.94. The van der Waals surface area contributed by atoms with E-state index < -0.39 is 0 Å². The van der Waals surface area contributed by atoms with Crippen LogP contribution in [0.5, 0.6) is 5.88 Å². The summed E-state index contributed by atoms with van der Waals surface area (Å²) in [5, 5.41) is 0. The summed E-state index contributed by atoms with van der Waals surface area (Å²) in [5.41, 5.74) is 1.34. The van der Waals surface area contributed by atoms with Crippen molar-refractivity contribution in [1.82, 2.24) is 15.0 Å². The van der Waals surface area contributed by atoms with Gasteiger partial charge >= 0.3 is 5.97 Å². The van der Waals surface area contributed by atoms with Crippen molar-refractivity contribution in [2.24, 2.45) is 0 Å². The Morgan fingerprint density at radius 3 is 2.96 bits per heavy atom. The molecule has 1 atom stereocenters. The van der Waals surface area contributed by atoms with Crippen LogP contribution in [0.25, 0.3) is 11.3 Å². The number of hydrogen-bond acceptors (Lipinski definition) is 5. The molecular weight excluding hydrogens is 334 g/mol. The first-order chi connectivity index (χ1) is 11.2. The topological polar surface area (TPSA) is 67.9 Å². The molecule has 0 saturated heterocycles. The van der Waals surface area contributed by atoms with E-state index in [0.717, 1.165) is 10.4 Å². The number of ether oxygens (including phenoxy) is 1. The predicted octanol–water partition coefficient (Wildman–Crippen LogP) is 4.29. The van der Waals surface area contributed by atoms with E-state index in [4.69, 9.17) is 16.3 Å². The molecule has 0 aromatic carbocycles. The number of rotatable bonds is 5. The Balaban J connectivity index is 1.82. The van der Waals surface area contributed by atoms with E-state index in [1.807, 2.05) is 19.1 Å². The highest BCUT2D eigenvalue weighted by Crippen LogP contribution is 2.32. The molecule has 0 bridgehead atoms. The summed E-state index contributed by atoms with van der Waals surface area (Å²) in [4.78, 5) is 24.5. The fourth-order valence-corrected chi connectivity index (χ4v) is 3.47. The molecule has 0 amide bonds. The van der Waals surface area contributed by atoms with Crippen LogP contribution in [0.2, 0.25) is 4.34 Å². The van der Waals surface area contributed by atoms with E-state index in [9.17, 15) is 4.79 Å². The lowest BCUT2D eigenvalue weighted by molar-refractivity contribution is -0.136. The Morgan fingerprint density at radius 2 is 2.30 bits per heavy atom. The highest BCUT2D eigenvalue weighted by Gasteiger charge is 2.24. The van der Waals surface area contributed by atoms with Crippen LogP contribution in [-0.2, 0) is 4.79 Å². The minimum atomic E-state index is -0.349. The largest absolute Gasteiger partial charge is 0.407 e. The zero-order valence-electron chi connectivity index (χ0n) is 12.3. The maximum absolute atomic E-state index is 12.5. The normalized spacial score (nSPS) is 12.1. The fraction of sp³-hybridized carbons (Fsp3) is 0.188. The summed E-state index contributed by atoms with van der Waals surface area (Å²) in [7, 11) is 0. The van der Waals surface area contributed by atoms with Crippen molar-refractivity contribution in [3.8, 4) is 17.1 Å². The number of pyridine rings is 1. The molecule has 23 heavy (non-hydrogen) atoms. The van der Waals surface area contributed by atoms with Crippen molar-refractivity contribution in [1.29, 1.82) is 0 Å². The van der Waals surface area contributed by atoms with E-state index in [-0.39, 0.29) is 11.9 Å². The Labute approximate surface area is 142 Å². The molecule has 3 aromatic rings. The minimum Gasteiger partial charge on any atom is -0.407 e. The average Bonchev–Trinajstić information content (AvgIpc) is 3.18. The molecule has 5 nitrogen and oxygen atoms in total. The van der Waals surface area contributed by atoms with Crippen molar-refractivity contribution < 1.29 is 9.53 Å². The number of aromatic nitrogens is 3. The number of H-pyrrole nitrogens is 1. The summed E-state index contributed by atoms with van der Waals surface area (Å²) in [6, 6.07) is 7.31. The second kappa shape index (κ2) is 6.93. The molecule has 0 radical (unpaired) electrons. The van der Waals surface area contributed by atoms with Crippen LogP contribution < -0.4 is 4.74 Å². The Kier molecular flexibility index (Phi) is 4.73. The van der Waals surface area contributed by atoms with Gasteiger partial charge in [0.2, 0.25) is 5.88 Å². The van der Waals surface area contributed by atoms with Gasteiger partial charge in [-0.15, -0.1) is 11.3 Å². The number of aromatic amines is 1. The first-order valence-corrected chi connectivity index (χ1v) is 8.29. The van der Waals surface area contributed by atoms with Crippen LogP contribution in [0, 0.1) is 0 Å². The van der Waals surface area contributed by atoms with Gasteiger partial charge in [0.05, 0.1) is 16.6 Å². The third-order valence-corrected chi connectivity index (χ3v) is 4.72. The lowest BCUT2D eigenvalue weighted by atomic mass is 10.1. The molecule has 3 heterocycles. The summed E-state index contributed by atoms with van der Waals surface area (Å²) in [6.07, 6.45) is 5.47. The molecule has 118 valence electrons. The second-order valence-corrected chi connectivity index (χ2v) is 6.59. The van der Waals surface area contributed by atoms with Crippen molar-refractivity contribution in [2.75, 3.05) is 0 Å². The number of thiophene rings is 1. The number of carbonyl (C=O) groups is 1. The smallest absolute Gasteiger partial charge is 0.320 e. The van der Waals surface area contributed by atoms with Gasteiger partial charge in [-0.3, -0.25) is 9.78 Å². The average molecular weight is 348 g/mol. The highest BCUT2D eigenvalue weighted by molar-refractivity contribution is 7.16. The third kappa shape index (κ3) is 3.43. The molecular formula is C16H14ClN3O2S. The Hall–Kier alpha value is -2.18. The molecule has 0 saturated carbocycles. The molecule has 1 unspecified atom stereocenters. The van der Waals surface area contributed by atoms with Crippen LogP contribution in [0.1, 0.15) is 24.1 Å². The number of halogens is 1. The van der Waals surface area contributed by atoms with Crippen LogP contribution >= 0.6 is 22.9 Å². The molecule has 0 aliphatic carbocycles. The van der Waals surface area contributed by atoms with E-state index >= 15 is 0 Å². The molecule has 1 N–H and O–H groups in total. The van der Waals surface area contributed by atoms with Crippen LogP contribution in [0.4, 0.5) is 0 Å². The fourth-order valence-electron chi connectivity index (χ4n) is 2.24. The third-order valence-electron chi connectivity index (χ3n) is 3.37. The van der Waals surface area contributed by atoms with Gasteiger partial charge in [0.15, 0.2) is 0 Å². The van der Waals surface area contributed by atoms with Crippen molar-refractivity contribution >= 4 is 28.9 Å². The van der Waals surface area contributed by atoms with Crippen molar-refractivity contribution in [3.63, 3.8) is 0 Å². The molecule has 3 aromatic heterocycles. The number of hydrogen-bond donors (Lipinski definition) is 1. The maximum atomic E-state index is 12.5. The zero-order chi connectivity index (χ0) is 16.2. The van der Waals surface area contributed by atoms with E-state index in [2.05, 4.69) is 15.0 Å². The Morgan fingerprint density at radius 1 is 1.43 bits per heavy atom. The highest BCUT2D eigenvalue weighted by atomic mass is 35.5. The van der Waals surface area contributed by atoms with Crippen molar-refractivity contribution in [3.05, 3.63) is 52.2 Å². The number of carbonyl (C=O) groups excluding carboxylic acids is 1. The standard InChI is InChI=1S/C16H14ClN3O2S/c1-2-11(12-5-6-13(17)23-12)16(21)22-15-14(19-9-20-15)10-4-3-7-18-8-10/h3-9,11H,2H2,1H3,(H,19,20). The molecule has 0 fully saturated rings. The van der Waals surface area contributed by atoms with Gasteiger partial charge < -0.3 is 9.72 Å². The molecule has 7 heteroatoms. The van der Waals surface area contributed by atoms with Crippen molar-refractivity contribution in [2.45, 2.75) is 19.3 Å². The monoisotopic (exact) mass is 347 g/mol. The summed E-state index contributed by atoms with van der Waals surface area (Å²) >= 11 is 7.35. The molecule has 3 rings (SSSR count). The molecule has 0 spiro atoms.